The molecule has 33 heavy (non-hydrogen) atoms. The first kappa shape index (κ1) is 24.3. The number of aromatic nitrogens is 3. The third-order valence-electron chi connectivity index (χ3n) is 5.17. The third-order valence-corrected chi connectivity index (χ3v) is 6.22. The Kier molecular flexibility index (Phi) is 7.75. The number of benzene rings is 1. The van der Waals surface area contributed by atoms with E-state index in [9.17, 15) is 14.4 Å². The van der Waals surface area contributed by atoms with Crippen LogP contribution in [0.3, 0.4) is 0 Å². The molecule has 0 unspecified atom stereocenters. The second-order valence-electron chi connectivity index (χ2n) is 7.95. The molecule has 9 heteroatoms. The summed E-state index contributed by atoms with van der Waals surface area (Å²) in [6.45, 7) is 7.55. The van der Waals surface area contributed by atoms with E-state index in [-0.39, 0.29) is 35.7 Å². The van der Waals surface area contributed by atoms with E-state index in [2.05, 4.69) is 14.9 Å². The Morgan fingerprint density at radius 3 is 2.52 bits per heavy atom. The fourth-order valence-corrected chi connectivity index (χ4v) is 4.45. The van der Waals surface area contributed by atoms with Crippen LogP contribution in [0.1, 0.15) is 52.0 Å². The molecule has 174 valence electrons. The number of esters is 1. The summed E-state index contributed by atoms with van der Waals surface area (Å²) >= 11 is 1.29. The van der Waals surface area contributed by atoms with Crippen LogP contribution in [0.4, 0.5) is 5.69 Å². The maximum absolute atomic E-state index is 12.7. The van der Waals surface area contributed by atoms with Gasteiger partial charge in [0.05, 0.1) is 17.0 Å². The van der Waals surface area contributed by atoms with Gasteiger partial charge in [0.1, 0.15) is 0 Å². The number of carbonyl (C=O) groups excluding carboxylic acids is 3. The van der Waals surface area contributed by atoms with Crippen LogP contribution in [0.2, 0.25) is 0 Å². The van der Waals surface area contributed by atoms with Gasteiger partial charge in [0.15, 0.2) is 11.8 Å². The second kappa shape index (κ2) is 10.5. The number of ether oxygens (including phenoxy) is 1. The van der Waals surface area contributed by atoms with Gasteiger partial charge in [0.2, 0.25) is 11.7 Å². The van der Waals surface area contributed by atoms with Crippen LogP contribution in [0.25, 0.3) is 0 Å². The number of anilines is 1. The van der Waals surface area contributed by atoms with Crippen LogP contribution >= 0.6 is 11.8 Å². The van der Waals surface area contributed by atoms with Gasteiger partial charge in [-0.3, -0.25) is 9.59 Å². The van der Waals surface area contributed by atoms with E-state index >= 15 is 0 Å². The van der Waals surface area contributed by atoms with Crippen LogP contribution in [-0.2, 0) is 16.6 Å². The summed E-state index contributed by atoms with van der Waals surface area (Å²) in [5, 5.41) is 3.46. The third kappa shape index (κ3) is 5.73. The number of rotatable bonds is 9. The number of aryl methyl sites for hydroxylation is 2. The summed E-state index contributed by atoms with van der Waals surface area (Å²) in [5.41, 5.74) is 2.89. The predicted octanol–water partition coefficient (Wildman–Crippen LogP) is 4.19. The number of thioether (sulfide) groups is 1. The molecule has 0 bridgehead atoms. The number of nitrogens with zero attached hydrogens (tertiary/aromatic N) is 3. The van der Waals surface area contributed by atoms with Crippen molar-refractivity contribution in [3.05, 3.63) is 65.2 Å². The van der Waals surface area contributed by atoms with E-state index in [1.54, 1.807) is 36.7 Å². The zero-order valence-corrected chi connectivity index (χ0v) is 20.2. The average Bonchev–Trinajstić information content (AvgIpc) is 3.32. The molecule has 0 spiro atoms. The maximum atomic E-state index is 12.7. The van der Waals surface area contributed by atoms with Gasteiger partial charge in [-0.1, -0.05) is 23.9 Å². The number of nitrogens with one attached hydrogen (secondary N) is 1. The normalized spacial score (nSPS) is 11.0. The van der Waals surface area contributed by atoms with Crippen LogP contribution in [0.15, 0.2) is 47.9 Å². The lowest BCUT2D eigenvalue weighted by Crippen LogP contribution is -2.19. The van der Waals surface area contributed by atoms with Crippen LogP contribution in [-0.4, -0.2) is 44.1 Å². The molecule has 0 saturated carbocycles. The topological polar surface area (TPSA) is 95.2 Å². The maximum Gasteiger partial charge on any atom is 0.340 e. The largest absolute Gasteiger partial charge is 0.454 e. The highest BCUT2D eigenvalue weighted by Crippen LogP contribution is 2.22. The van der Waals surface area contributed by atoms with E-state index in [1.807, 2.05) is 45.4 Å². The molecule has 0 aliphatic rings. The molecule has 0 aliphatic carbocycles. The molecule has 0 fully saturated rings. The number of carbonyl (C=O) groups is 3. The Labute approximate surface area is 197 Å². The van der Waals surface area contributed by atoms with Crippen molar-refractivity contribution in [1.82, 2.24) is 14.1 Å². The highest BCUT2D eigenvalue weighted by atomic mass is 32.2. The number of para-hydroxylation sites is 1. The molecule has 0 radical (unpaired) electrons. The summed E-state index contributed by atoms with van der Waals surface area (Å²) in [4.78, 5) is 42.0. The van der Waals surface area contributed by atoms with Crippen LogP contribution in [0.5, 0.6) is 0 Å². The fraction of sp³-hybridized carbons (Fsp3) is 0.333. The van der Waals surface area contributed by atoms with E-state index in [0.29, 0.717) is 16.4 Å². The summed E-state index contributed by atoms with van der Waals surface area (Å²) in [6, 6.07) is 8.60. The van der Waals surface area contributed by atoms with E-state index in [4.69, 9.17) is 4.74 Å². The molecule has 1 aromatic carbocycles. The van der Waals surface area contributed by atoms with Gasteiger partial charge in [-0.05, 0) is 45.9 Å². The first-order chi connectivity index (χ1) is 15.7. The quantitative estimate of drug-likeness (QED) is 0.287. The van der Waals surface area contributed by atoms with Crippen molar-refractivity contribution in [2.45, 2.75) is 38.9 Å². The van der Waals surface area contributed by atoms with E-state index in [1.165, 1.54) is 11.8 Å². The van der Waals surface area contributed by atoms with E-state index < -0.39 is 5.97 Å². The lowest BCUT2D eigenvalue weighted by Gasteiger charge is -2.13. The Morgan fingerprint density at radius 2 is 1.88 bits per heavy atom. The summed E-state index contributed by atoms with van der Waals surface area (Å²) < 4.78 is 9.19. The van der Waals surface area contributed by atoms with Crippen LogP contribution < -0.4 is 5.32 Å². The van der Waals surface area contributed by atoms with Gasteiger partial charge >= 0.3 is 5.97 Å². The predicted molar refractivity (Wildman–Crippen MR) is 128 cm³/mol. The second-order valence-corrected chi connectivity index (χ2v) is 8.89. The van der Waals surface area contributed by atoms with Crippen molar-refractivity contribution < 1.29 is 19.1 Å². The summed E-state index contributed by atoms with van der Waals surface area (Å²) in [6.07, 6.45) is 3.46. The molecule has 1 N–H and O–H groups in total. The average molecular weight is 469 g/mol. The highest BCUT2D eigenvalue weighted by Gasteiger charge is 2.20. The molecule has 3 aromatic rings. The minimum absolute atomic E-state index is 0.137. The van der Waals surface area contributed by atoms with Crippen molar-refractivity contribution >= 4 is 35.1 Å². The Morgan fingerprint density at radius 1 is 1.15 bits per heavy atom. The lowest BCUT2D eigenvalue weighted by molar-refractivity contribution is -0.113. The number of hydrogen-bond donors (Lipinski definition) is 1. The van der Waals surface area contributed by atoms with Crippen LogP contribution in [0, 0.1) is 13.8 Å². The molecule has 1 amide bonds. The number of hydrogen-bond acceptors (Lipinski definition) is 6. The van der Waals surface area contributed by atoms with Crippen molar-refractivity contribution in [3.8, 4) is 0 Å². The summed E-state index contributed by atoms with van der Waals surface area (Å²) in [7, 11) is 1.85. The van der Waals surface area contributed by atoms with E-state index in [0.717, 1.165) is 11.4 Å². The highest BCUT2D eigenvalue weighted by molar-refractivity contribution is 7.99. The Hall–Kier alpha value is -3.33. The van der Waals surface area contributed by atoms with Gasteiger partial charge < -0.3 is 19.2 Å². The molecule has 8 nitrogen and oxygen atoms in total. The zero-order chi connectivity index (χ0) is 24.1. The number of imidazole rings is 1. The minimum Gasteiger partial charge on any atom is -0.454 e. The molecule has 3 rings (SSSR count). The monoisotopic (exact) mass is 468 g/mol. The molecule has 0 aliphatic heterocycles. The van der Waals surface area contributed by atoms with Gasteiger partial charge in [0.25, 0.3) is 0 Å². The zero-order valence-electron chi connectivity index (χ0n) is 19.4. The van der Waals surface area contributed by atoms with Crippen molar-refractivity contribution in [2.24, 2.45) is 7.05 Å². The minimum atomic E-state index is -0.673. The smallest absolute Gasteiger partial charge is 0.340 e. The number of ketones is 1. The number of amides is 1. The van der Waals surface area contributed by atoms with Gasteiger partial charge in [-0.2, -0.15) is 0 Å². The molecule has 0 atom stereocenters. The molecular formula is C24H28N4O4S. The lowest BCUT2D eigenvalue weighted by atomic mass is 10.1. The molecule has 0 saturated heterocycles. The first-order valence-electron chi connectivity index (χ1n) is 10.6. The molecular weight excluding hydrogens is 440 g/mol. The molecule has 2 heterocycles. The Balaban J connectivity index is 1.63. The SMILES string of the molecule is Cc1cc(C(=O)COC(=O)c2ccccc2NC(=O)CSc2nccn2C)c(C)n1C(C)C. The van der Waals surface area contributed by atoms with Gasteiger partial charge in [-0.25, -0.2) is 9.78 Å². The van der Waals surface area contributed by atoms with Crippen molar-refractivity contribution in [2.75, 3.05) is 17.7 Å². The fourth-order valence-electron chi connectivity index (χ4n) is 3.72. The summed E-state index contributed by atoms with van der Waals surface area (Å²) in [5.74, 6) is -1.08. The number of Topliss-reactive ketones (excluding diaryl/α,β-unsaturated/α-hetero) is 1. The standard InChI is InChI=1S/C24H28N4O4S/c1-15(2)28-16(3)12-19(17(28)4)21(29)13-32-23(31)18-8-6-7-9-20(18)26-22(30)14-33-24-25-10-11-27(24)5/h6-12,15H,13-14H2,1-5H3,(H,26,30). The Bertz CT molecular complexity index is 1180. The van der Waals surface area contributed by atoms with Gasteiger partial charge in [0, 0.05) is 42.4 Å². The first-order valence-corrected chi connectivity index (χ1v) is 11.5. The van der Waals surface area contributed by atoms with Crippen molar-refractivity contribution in [3.63, 3.8) is 0 Å². The van der Waals surface area contributed by atoms with Gasteiger partial charge in [-0.15, -0.1) is 0 Å². The van der Waals surface area contributed by atoms with Crippen molar-refractivity contribution in [1.29, 1.82) is 0 Å². The molecule has 2 aromatic heterocycles.